The summed E-state index contributed by atoms with van der Waals surface area (Å²) in [6.45, 7) is 5.76. The molecule has 0 saturated carbocycles. The third kappa shape index (κ3) is 5.05. The number of nitrogens with zero attached hydrogens (tertiary/aromatic N) is 1. The lowest BCUT2D eigenvalue weighted by molar-refractivity contribution is -0.274. The lowest BCUT2D eigenvalue weighted by atomic mass is 10.0. The van der Waals surface area contributed by atoms with Gasteiger partial charge in [-0.15, -0.1) is 13.2 Å². The van der Waals surface area contributed by atoms with Crippen molar-refractivity contribution in [3.05, 3.63) is 61.0 Å². The Kier molecular flexibility index (Phi) is 5.06. The molecule has 0 bridgehead atoms. The van der Waals surface area contributed by atoms with Crippen LogP contribution in [0.3, 0.4) is 0 Å². The van der Waals surface area contributed by atoms with Gasteiger partial charge in [0.05, 0.1) is 0 Å². The fourth-order valence-electron chi connectivity index (χ4n) is 2.98. The van der Waals surface area contributed by atoms with Gasteiger partial charge in [-0.1, -0.05) is 12.1 Å². The zero-order valence-electron chi connectivity index (χ0n) is 13.7. The summed E-state index contributed by atoms with van der Waals surface area (Å²) in [6.07, 6.45) is -2.73. The summed E-state index contributed by atoms with van der Waals surface area (Å²) in [7, 11) is 0. The van der Waals surface area contributed by atoms with Crippen LogP contribution in [0, 0.1) is 6.92 Å². The predicted octanol–water partition coefficient (Wildman–Crippen LogP) is 4.85. The van der Waals surface area contributed by atoms with Crippen LogP contribution < -0.4 is 15.0 Å². The van der Waals surface area contributed by atoms with Crippen molar-refractivity contribution in [2.24, 2.45) is 0 Å². The molecule has 2 aromatic carbocycles. The second-order valence-corrected chi connectivity index (χ2v) is 6.14. The molecule has 1 fully saturated rings. The quantitative estimate of drug-likeness (QED) is 0.854. The second-order valence-electron chi connectivity index (χ2n) is 6.14. The Hall–Kier alpha value is -2.37. The molecule has 3 rings (SSSR count). The fraction of sp³-hybridized carbons (Fsp3) is 0.316. The monoisotopic (exact) mass is 349 g/mol. The van der Waals surface area contributed by atoms with E-state index < -0.39 is 6.36 Å². The summed E-state index contributed by atoms with van der Waals surface area (Å²) in [4.78, 5) is 2.33. The predicted molar refractivity (Wildman–Crippen MR) is 92.9 cm³/mol. The van der Waals surface area contributed by atoms with Crippen molar-refractivity contribution >= 4 is 11.4 Å². The first-order valence-electron chi connectivity index (χ1n) is 8.18. The number of ether oxygens (including phenoxy) is 1. The Morgan fingerprint density at radius 1 is 0.960 bits per heavy atom. The molecule has 1 N–H and O–H groups in total. The molecule has 0 unspecified atom stereocenters. The average Bonchev–Trinajstić information content (AvgIpc) is 2.57. The summed E-state index contributed by atoms with van der Waals surface area (Å²) in [5, 5.41) is 3.38. The molecule has 1 saturated heterocycles. The lowest BCUT2D eigenvalue weighted by Crippen LogP contribution is -2.39. The first-order chi connectivity index (χ1) is 11.9. The number of hydrogen-bond acceptors (Lipinski definition) is 3. The first kappa shape index (κ1) is 17.5. The SMILES string of the molecule is [CH2]c1ccc(N2CCC(Nc3ccc(OC(F)(F)F)cc3)CC2)cc1. The molecule has 1 aliphatic heterocycles. The first-order valence-corrected chi connectivity index (χ1v) is 8.18. The number of hydrogen-bond donors (Lipinski definition) is 1. The largest absolute Gasteiger partial charge is 0.573 e. The summed E-state index contributed by atoms with van der Waals surface area (Å²) in [5.41, 5.74) is 2.99. The Bertz CT molecular complexity index is 675. The highest BCUT2D eigenvalue weighted by Gasteiger charge is 2.31. The molecule has 1 aliphatic rings. The Morgan fingerprint density at radius 3 is 2.12 bits per heavy atom. The minimum Gasteiger partial charge on any atom is -0.406 e. The topological polar surface area (TPSA) is 24.5 Å². The van der Waals surface area contributed by atoms with Crippen molar-refractivity contribution in [1.29, 1.82) is 0 Å². The maximum absolute atomic E-state index is 12.2. The minimum absolute atomic E-state index is 0.207. The van der Waals surface area contributed by atoms with Crippen LogP contribution in [0.1, 0.15) is 18.4 Å². The maximum atomic E-state index is 12.2. The van der Waals surface area contributed by atoms with Gasteiger partial charge in [0.1, 0.15) is 5.75 Å². The summed E-state index contributed by atoms with van der Waals surface area (Å²) in [5.74, 6) is -0.207. The second kappa shape index (κ2) is 7.25. The maximum Gasteiger partial charge on any atom is 0.573 e. The van der Waals surface area contributed by atoms with Gasteiger partial charge in [0.2, 0.25) is 0 Å². The molecule has 1 heterocycles. The number of anilines is 2. The average molecular weight is 349 g/mol. The van der Waals surface area contributed by atoms with Crippen molar-refractivity contribution in [2.75, 3.05) is 23.3 Å². The van der Waals surface area contributed by atoms with Crippen LogP contribution in [-0.4, -0.2) is 25.5 Å². The zero-order valence-corrected chi connectivity index (χ0v) is 13.7. The van der Waals surface area contributed by atoms with E-state index in [1.807, 2.05) is 12.1 Å². The summed E-state index contributed by atoms with van der Waals surface area (Å²) < 4.78 is 40.4. The van der Waals surface area contributed by atoms with Crippen LogP contribution in [0.4, 0.5) is 24.5 Å². The lowest BCUT2D eigenvalue weighted by Gasteiger charge is -2.34. The zero-order chi connectivity index (χ0) is 17.9. The molecule has 0 amide bonds. The third-order valence-corrected chi connectivity index (χ3v) is 4.26. The van der Waals surface area contributed by atoms with Crippen molar-refractivity contribution in [1.82, 2.24) is 0 Å². The highest BCUT2D eigenvalue weighted by molar-refractivity contribution is 5.50. The highest BCUT2D eigenvalue weighted by atomic mass is 19.4. The van der Waals surface area contributed by atoms with Crippen LogP contribution in [0.2, 0.25) is 0 Å². The van der Waals surface area contributed by atoms with Crippen LogP contribution in [0.5, 0.6) is 5.75 Å². The van der Waals surface area contributed by atoms with Crippen molar-refractivity contribution in [3.63, 3.8) is 0 Å². The van der Waals surface area contributed by atoms with Crippen LogP contribution in [0.25, 0.3) is 0 Å². The third-order valence-electron chi connectivity index (χ3n) is 4.26. The fourth-order valence-corrected chi connectivity index (χ4v) is 2.98. The van der Waals surface area contributed by atoms with Gasteiger partial charge in [-0.3, -0.25) is 0 Å². The molecule has 0 aliphatic carbocycles. The van der Waals surface area contributed by atoms with E-state index in [0.29, 0.717) is 6.04 Å². The molecule has 25 heavy (non-hydrogen) atoms. The van der Waals surface area contributed by atoms with E-state index in [-0.39, 0.29) is 5.75 Å². The van der Waals surface area contributed by atoms with Crippen LogP contribution >= 0.6 is 0 Å². The molecule has 6 heteroatoms. The molecular weight excluding hydrogens is 329 g/mol. The smallest absolute Gasteiger partial charge is 0.406 e. The Morgan fingerprint density at radius 2 is 1.56 bits per heavy atom. The molecule has 3 nitrogen and oxygen atoms in total. The van der Waals surface area contributed by atoms with Crippen molar-refractivity contribution in [2.45, 2.75) is 25.2 Å². The van der Waals surface area contributed by atoms with Crippen molar-refractivity contribution < 1.29 is 17.9 Å². The number of piperidine rings is 1. The minimum atomic E-state index is -4.66. The Labute approximate surface area is 145 Å². The van der Waals surface area contributed by atoms with E-state index >= 15 is 0 Å². The van der Waals surface area contributed by atoms with E-state index in [1.165, 1.54) is 17.8 Å². The molecular formula is C19H20F3N2O. The van der Waals surface area contributed by atoms with Gasteiger partial charge in [0.15, 0.2) is 0 Å². The van der Waals surface area contributed by atoms with Gasteiger partial charge in [0, 0.05) is 30.5 Å². The van der Waals surface area contributed by atoms with Crippen LogP contribution in [0.15, 0.2) is 48.5 Å². The van der Waals surface area contributed by atoms with Crippen molar-refractivity contribution in [3.8, 4) is 5.75 Å². The van der Waals surface area contributed by atoms with Gasteiger partial charge >= 0.3 is 6.36 Å². The van der Waals surface area contributed by atoms with Gasteiger partial charge in [0.25, 0.3) is 0 Å². The number of benzene rings is 2. The van der Waals surface area contributed by atoms with E-state index in [0.717, 1.165) is 37.2 Å². The van der Waals surface area contributed by atoms with Crippen LogP contribution in [-0.2, 0) is 0 Å². The highest BCUT2D eigenvalue weighted by Crippen LogP contribution is 2.26. The number of rotatable bonds is 4. The standard InChI is InChI=1S/C19H20F3N2O/c1-14-2-6-17(7-3-14)24-12-10-16(11-13-24)23-15-4-8-18(9-5-15)25-19(20,21)22/h2-9,16,23H,1,10-13H2. The molecule has 0 spiro atoms. The van der Waals surface area contributed by atoms with Gasteiger partial charge < -0.3 is 15.0 Å². The van der Waals surface area contributed by atoms with E-state index in [2.05, 4.69) is 34.0 Å². The summed E-state index contributed by atoms with van der Waals surface area (Å²) in [6, 6.07) is 14.3. The van der Waals surface area contributed by atoms with Gasteiger partial charge in [-0.05, 0) is 61.7 Å². The van der Waals surface area contributed by atoms with E-state index in [9.17, 15) is 13.2 Å². The molecule has 2 aromatic rings. The number of nitrogens with one attached hydrogen (secondary N) is 1. The van der Waals surface area contributed by atoms with Gasteiger partial charge in [-0.2, -0.15) is 0 Å². The van der Waals surface area contributed by atoms with Gasteiger partial charge in [-0.25, -0.2) is 0 Å². The number of halogens is 3. The molecule has 1 radical (unpaired) electrons. The molecule has 133 valence electrons. The normalized spacial score (nSPS) is 15.9. The van der Waals surface area contributed by atoms with E-state index in [4.69, 9.17) is 0 Å². The molecule has 0 aromatic heterocycles. The molecule has 0 atom stereocenters. The summed E-state index contributed by atoms with van der Waals surface area (Å²) >= 11 is 0. The number of alkyl halides is 3. The van der Waals surface area contributed by atoms with E-state index in [1.54, 1.807) is 12.1 Å². The Balaban J connectivity index is 1.51.